The zero-order valence-corrected chi connectivity index (χ0v) is 11.0. The van der Waals surface area contributed by atoms with E-state index in [1.807, 2.05) is 0 Å². The van der Waals surface area contributed by atoms with Crippen molar-refractivity contribution in [1.29, 1.82) is 0 Å². The van der Waals surface area contributed by atoms with Gasteiger partial charge in [0.25, 0.3) is 0 Å². The maximum absolute atomic E-state index is 9.69. The summed E-state index contributed by atoms with van der Waals surface area (Å²) in [5.41, 5.74) is 0. The largest absolute Gasteiger partial charge is 0.497 e. The summed E-state index contributed by atoms with van der Waals surface area (Å²) in [6, 6.07) is 6.67. The van der Waals surface area contributed by atoms with Crippen LogP contribution in [-0.4, -0.2) is 60.9 Å². The molecule has 6 nitrogen and oxygen atoms in total. The molecule has 1 atom stereocenters. The molecule has 0 radical (unpaired) electrons. The Bertz CT molecular complexity index is 357. The molecule has 6 heteroatoms. The van der Waals surface area contributed by atoms with Gasteiger partial charge in [-0.05, 0) is 12.1 Å². The van der Waals surface area contributed by atoms with Crippen molar-refractivity contribution in [1.82, 2.24) is 5.32 Å². The summed E-state index contributed by atoms with van der Waals surface area (Å²) in [4.78, 5) is 0. The van der Waals surface area contributed by atoms with Crippen molar-refractivity contribution >= 4 is 0 Å². The van der Waals surface area contributed by atoms with E-state index in [2.05, 4.69) is 5.32 Å². The molecule has 0 spiro atoms. The topological polar surface area (TPSA) is 91.2 Å². The number of hydrogen-bond acceptors (Lipinski definition) is 6. The van der Waals surface area contributed by atoms with Crippen molar-refractivity contribution in [3.05, 3.63) is 24.3 Å². The molecule has 1 aromatic rings. The summed E-state index contributed by atoms with van der Waals surface area (Å²) in [6.07, 6.45) is -0.730. The second-order valence-corrected chi connectivity index (χ2v) is 4.11. The highest BCUT2D eigenvalue weighted by molar-refractivity contribution is 5.32. The maximum Gasteiger partial charge on any atom is 0.123 e. The average molecular weight is 271 g/mol. The number of benzene rings is 1. The Morgan fingerprint density at radius 3 is 2.53 bits per heavy atom. The third-order valence-electron chi connectivity index (χ3n) is 2.57. The van der Waals surface area contributed by atoms with Gasteiger partial charge in [0.2, 0.25) is 0 Å². The molecule has 19 heavy (non-hydrogen) atoms. The lowest BCUT2D eigenvalue weighted by Gasteiger charge is -2.17. The molecule has 1 unspecified atom stereocenters. The molecule has 0 aliphatic carbocycles. The average Bonchev–Trinajstić information content (AvgIpc) is 2.46. The van der Waals surface area contributed by atoms with Gasteiger partial charge in [-0.3, -0.25) is 0 Å². The van der Waals surface area contributed by atoms with Gasteiger partial charge in [0.05, 0.1) is 26.4 Å². The van der Waals surface area contributed by atoms with E-state index in [0.29, 0.717) is 11.5 Å². The second kappa shape index (κ2) is 8.71. The number of ether oxygens (including phenoxy) is 2. The van der Waals surface area contributed by atoms with Crippen molar-refractivity contribution in [2.45, 2.75) is 12.1 Å². The van der Waals surface area contributed by atoms with Crippen LogP contribution in [0, 0.1) is 0 Å². The van der Waals surface area contributed by atoms with Crippen LogP contribution in [0.3, 0.4) is 0 Å². The third-order valence-corrected chi connectivity index (χ3v) is 2.57. The fourth-order valence-electron chi connectivity index (χ4n) is 1.43. The third kappa shape index (κ3) is 5.89. The van der Waals surface area contributed by atoms with Crippen LogP contribution >= 0.6 is 0 Å². The Kier molecular flexibility index (Phi) is 7.20. The molecule has 4 N–H and O–H groups in total. The van der Waals surface area contributed by atoms with Crippen LogP contribution in [0.25, 0.3) is 0 Å². The minimum Gasteiger partial charge on any atom is -0.497 e. The first kappa shape index (κ1) is 15.7. The first-order chi connectivity index (χ1) is 9.19. The quantitative estimate of drug-likeness (QED) is 0.478. The van der Waals surface area contributed by atoms with Crippen molar-refractivity contribution < 1.29 is 24.8 Å². The smallest absolute Gasteiger partial charge is 0.123 e. The fraction of sp³-hybridized carbons (Fsp3) is 0.538. The maximum atomic E-state index is 9.69. The number of hydrogen-bond donors (Lipinski definition) is 4. The normalized spacial score (nSPS) is 12.5. The molecule has 108 valence electrons. The lowest BCUT2D eigenvalue weighted by atomic mass is 10.3. The summed E-state index contributed by atoms with van der Waals surface area (Å²) < 4.78 is 10.5. The van der Waals surface area contributed by atoms with E-state index in [4.69, 9.17) is 19.7 Å². The van der Waals surface area contributed by atoms with Crippen molar-refractivity contribution in [2.24, 2.45) is 0 Å². The fourth-order valence-corrected chi connectivity index (χ4v) is 1.43. The van der Waals surface area contributed by atoms with Gasteiger partial charge in [-0.1, -0.05) is 6.07 Å². The monoisotopic (exact) mass is 271 g/mol. The molecule has 0 fully saturated rings. The van der Waals surface area contributed by atoms with Crippen LogP contribution in [0.1, 0.15) is 0 Å². The highest BCUT2D eigenvalue weighted by Crippen LogP contribution is 2.18. The van der Waals surface area contributed by atoms with Crippen LogP contribution in [0.4, 0.5) is 0 Å². The lowest BCUT2D eigenvalue weighted by molar-refractivity contribution is 0.0928. The number of aliphatic hydroxyl groups is 3. The first-order valence-electron chi connectivity index (χ1n) is 6.09. The predicted molar refractivity (Wildman–Crippen MR) is 70.5 cm³/mol. The standard InChI is InChI=1S/C13H21NO5/c1-18-12-3-2-4-13(5-12)19-9-11(17)6-14-10(7-15)8-16/h2-5,10-11,14-17H,6-9H2,1H3. The molecular formula is C13H21NO5. The van der Waals surface area contributed by atoms with Crippen LogP contribution in [0.15, 0.2) is 24.3 Å². The Hall–Kier alpha value is -1.34. The number of nitrogens with one attached hydrogen (secondary N) is 1. The zero-order chi connectivity index (χ0) is 14.1. The summed E-state index contributed by atoms with van der Waals surface area (Å²) in [6.45, 7) is -0.0145. The Labute approximate surface area is 112 Å². The van der Waals surface area contributed by atoms with Gasteiger partial charge in [0.1, 0.15) is 24.2 Å². The molecule has 0 bridgehead atoms. The second-order valence-electron chi connectivity index (χ2n) is 4.11. The molecule has 0 saturated heterocycles. The van der Waals surface area contributed by atoms with Crippen molar-refractivity contribution in [2.75, 3.05) is 33.5 Å². The SMILES string of the molecule is COc1cccc(OCC(O)CNC(CO)CO)c1. The van der Waals surface area contributed by atoms with E-state index in [9.17, 15) is 5.11 Å². The van der Waals surface area contributed by atoms with E-state index in [-0.39, 0.29) is 26.4 Å². The molecule has 0 aliphatic heterocycles. The van der Waals surface area contributed by atoms with E-state index in [1.54, 1.807) is 31.4 Å². The predicted octanol–water partition coefficient (Wildman–Crippen LogP) is -0.622. The number of rotatable bonds is 9. The minimum atomic E-state index is -0.730. The van der Waals surface area contributed by atoms with Crippen LogP contribution in [-0.2, 0) is 0 Å². The van der Waals surface area contributed by atoms with Gasteiger partial charge in [-0.2, -0.15) is 0 Å². The van der Waals surface area contributed by atoms with E-state index in [0.717, 1.165) is 0 Å². The lowest BCUT2D eigenvalue weighted by Crippen LogP contribution is -2.41. The van der Waals surface area contributed by atoms with E-state index < -0.39 is 12.1 Å². The van der Waals surface area contributed by atoms with Crippen LogP contribution < -0.4 is 14.8 Å². The Morgan fingerprint density at radius 1 is 1.21 bits per heavy atom. The summed E-state index contributed by atoms with van der Waals surface area (Å²) >= 11 is 0. The van der Waals surface area contributed by atoms with Crippen molar-refractivity contribution in [3.8, 4) is 11.5 Å². The van der Waals surface area contributed by atoms with E-state index in [1.165, 1.54) is 0 Å². The zero-order valence-electron chi connectivity index (χ0n) is 11.0. The molecular weight excluding hydrogens is 250 g/mol. The number of methoxy groups -OCH3 is 1. The van der Waals surface area contributed by atoms with Gasteiger partial charge in [0, 0.05) is 12.6 Å². The van der Waals surface area contributed by atoms with Gasteiger partial charge >= 0.3 is 0 Å². The Balaban J connectivity index is 2.31. The molecule has 1 rings (SSSR count). The summed E-state index contributed by atoms with van der Waals surface area (Å²) in [7, 11) is 1.57. The molecule has 0 amide bonds. The molecule has 0 saturated carbocycles. The van der Waals surface area contributed by atoms with Crippen LogP contribution in [0.2, 0.25) is 0 Å². The highest BCUT2D eigenvalue weighted by atomic mass is 16.5. The highest BCUT2D eigenvalue weighted by Gasteiger charge is 2.10. The van der Waals surface area contributed by atoms with Gasteiger partial charge in [-0.15, -0.1) is 0 Å². The minimum absolute atomic E-state index is 0.115. The van der Waals surface area contributed by atoms with Gasteiger partial charge < -0.3 is 30.1 Å². The van der Waals surface area contributed by atoms with Gasteiger partial charge in [0.15, 0.2) is 0 Å². The van der Waals surface area contributed by atoms with E-state index >= 15 is 0 Å². The Morgan fingerprint density at radius 2 is 1.89 bits per heavy atom. The van der Waals surface area contributed by atoms with Crippen molar-refractivity contribution in [3.63, 3.8) is 0 Å². The molecule has 1 aromatic carbocycles. The molecule has 0 aliphatic rings. The van der Waals surface area contributed by atoms with Crippen LogP contribution in [0.5, 0.6) is 11.5 Å². The first-order valence-corrected chi connectivity index (χ1v) is 6.09. The molecule has 0 heterocycles. The van der Waals surface area contributed by atoms with Gasteiger partial charge in [-0.25, -0.2) is 0 Å². The summed E-state index contributed by atoms with van der Waals surface area (Å²) in [5, 5.41) is 30.2. The number of aliphatic hydroxyl groups excluding tert-OH is 3. The summed E-state index contributed by atoms with van der Waals surface area (Å²) in [5.74, 6) is 1.30. The molecule has 0 aromatic heterocycles.